The van der Waals surface area contributed by atoms with Gasteiger partial charge >= 0.3 is 0 Å². The molecule has 1 heterocycles. The van der Waals surface area contributed by atoms with Gasteiger partial charge < -0.3 is 5.73 Å². The maximum atomic E-state index is 13.0. The van der Waals surface area contributed by atoms with Crippen LogP contribution in [-0.4, -0.2) is 29.8 Å². The number of fused-ring (bicyclic) bond motifs is 1. The molecule has 0 saturated heterocycles. The van der Waals surface area contributed by atoms with E-state index in [1.165, 1.54) is 0 Å². The molecule has 94 valence electrons. The van der Waals surface area contributed by atoms with Crippen molar-refractivity contribution in [1.82, 2.24) is 4.90 Å². The number of nitrogens with two attached hydrogens (primary N) is 1. The second-order valence-corrected chi connectivity index (χ2v) is 3.74. The number of carbonyl (C=O) groups is 2. The van der Waals surface area contributed by atoms with Crippen LogP contribution in [0.4, 0.5) is 8.78 Å². The highest BCUT2D eigenvalue weighted by Gasteiger charge is 2.35. The van der Waals surface area contributed by atoms with Crippen LogP contribution in [0, 0.1) is 11.6 Å². The SMILES string of the molecule is NC/C=C/CN1C(=O)c2cc(F)c(F)cc2C1=O. The van der Waals surface area contributed by atoms with Gasteiger partial charge in [-0.25, -0.2) is 8.78 Å². The number of amides is 2. The summed E-state index contributed by atoms with van der Waals surface area (Å²) in [5, 5.41) is 0. The van der Waals surface area contributed by atoms with Gasteiger partial charge in [-0.15, -0.1) is 0 Å². The molecule has 0 aliphatic carbocycles. The second-order valence-electron chi connectivity index (χ2n) is 3.74. The minimum atomic E-state index is -1.14. The van der Waals surface area contributed by atoms with E-state index < -0.39 is 23.4 Å². The number of carbonyl (C=O) groups excluding carboxylic acids is 2. The van der Waals surface area contributed by atoms with E-state index in [-0.39, 0.29) is 24.2 Å². The molecule has 0 spiro atoms. The molecule has 6 heteroatoms. The fourth-order valence-electron chi connectivity index (χ4n) is 1.73. The van der Waals surface area contributed by atoms with Crippen molar-refractivity contribution in [1.29, 1.82) is 0 Å². The van der Waals surface area contributed by atoms with E-state index in [1.807, 2.05) is 0 Å². The standard InChI is InChI=1S/C12H10F2N2O2/c13-9-5-7-8(6-10(9)14)12(18)16(11(7)17)4-2-1-3-15/h1-2,5-6H,3-4,15H2/b2-1+. The van der Waals surface area contributed by atoms with E-state index in [1.54, 1.807) is 12.2 Å². The van der Waals surface area contributed by atoms with Gasteiger partial charge in [-0.2, -0.15) is 0 Å². The Bertz CT molecular complexity index is 514. The summed E-state index contributed by atoms with van der Waals surface area (Å²) in [6.45, 7) is 0.319. The smallest absolute Gasteiger partial charge is 0.261 e. The average Bonchev–Trinajstić information content (AvgIpc) is 2.56. The highest BCUT2D eigenvalue weighted by molar-refractivity contribution is 6.21. The molecular formula is C12H10F2N2O2. The summed E-state index contributed by atoms with van der Waals surface area (Å²) < 4.78 is 26.0. The van der Waals surface area contributed by atoms with Gasteiger partial charge in [0.05, 0.1) is 11.1 Å². The third-order valence-corrected chi connectivity index (χ3v) is 2.60. The Morgan fingerprint density at radius 1 is 1.06 bits per heavy atom. The molecular weight excluding hydrogens is 242 g/mol. The van der Waals surface area contributed by atoms with E-state index in [4.69, 9.17) is 5.73 Å². The maximum absolute atomic E-state index is 13.0. The number of rotatable bonds is 3. The van der Waals surface area contributed by atoms with Crippen molar-refractivity contribution in [2.45, 2.75) is 0 Å². The van der Waals surface area contributed by atoms with E-state index in [2.05, 4.69) is 0 Å². The molecule has 0 atom stereocenters. The van der Waals surface area contributed by atoms with Crippen LogP contribution in [0.2, 0.25) is 0 Å². The molecule has 0 bridgehead atoms. The number of hydrogen-bond acceptors (Lipinski definition) is 3. The van der Waals surface area contributed by atoms with Crippen LogP contribution in [0.25, 0.3) is 0 Å². The van der Waals surface area contributed by atoms with E-state index in [9.17, 15) is 18.4 Å². The maximum Gasteiger partial charge on any atom is 0.261 e. The van der Waals surface area contributed by atoms with Crippen molar-refractivity contribution >= 4 is 11.8 Å². The van der Waals surface area contributed by atoms with E-state index in [0.717, 1.165) is 17.0 Å². The zero-order valence-corrected chi connectivity index (χ0v) is 9.32. The lowest BCUT2D eigenvalue weighted by atomic mass is 10.1. The van der Waals surface area contributed by atoms with Crippen LogP contribution in [0.15, 0.2) is 24.3 Å². The van der Waals surface area contributed by atoms with Gasteiger partial charge in [0.1, 0.15) is 0 Å². The summed E-state index contributed by atoms with van der Waals surface area (Å²) in [6.07, 6.45) is 3.14. The fraction of sp³-hybridized carbons (Fsp3) is 0.167. The lowest BCUT2D eigenvalue weighted by molar-refractivity contribution is 0.0671. The first kappa shape index (κ1) is 12.4. The molecule has 1 aromatic carbocycles. The third-order valence-electron chi connectivity index (χ3n) is 2.60. The Hall–Kier alpha value is -2.08. The van der Waals surface area contributed by atoms with Gasteiger partial charge in [-0.1, -0.05) is 12.2 Å². The van der Waals surface area contributed by atoms with Crippen molar-refractivity contribution < 1.29 is 18.4 Å². The summed E-state index contributed by atoms with van der Waals surface area (Å²) in [4.78, 5) is 24.5. The van der Waals surface area contributed by atoms with Crippen molar-refractivity contribution in [3.05, 3.63) is 47.0 Å². The van der Waals surface area contributed by atoms with E-state index in [0.29, 0.717) is 0 Å². The summed E-state index contributed by atoms with van der Waals surface area (Å²) in [5.74, 6) is -3.55. The first-order valence-electron chi connectivity index (χ1n) is 5.26. The molecule has 2 amide bonds. The number of benzene rings is 1. The summed E-state index contributed by atoms with van der Waals surface area (Å²) in [6, 6.07) is 1.50. The first-order valence-corrected chi connectivity index (χ1v) is 5.26. The minimum absolute atomic E-state index is 0.0345. The molecule has 4 nitrogen and oxygen atoms in total. The molecule has 0 aromatic heterocycles. The average molecular weight is 252 g/mol. The number of halogens is 2. The van der Waals surface area contributed by atoms with Gasteiger partial charge in [0.2, 0.25) is 0 Å². The zero-order valence-electron chi connectivity index (χ0n) is 9.32. The van der Waals surface area contributed by atoms with Crippen molar-refractivity contribution in [2.75, 3.05) is 13.1 Å². The highest BCUT2D eigenvalue weighted by atomic mass is 19.2. The monoisotopic (exact) mass is 252 g/mol. The van der Waals surface area contributed by atoms with Crippen LogP contribution in [0.3, 0.4) is 0 Å². The van der Waals surface area contributed by atoms with Gasteiger partial charge in [0, 0.05) is 13.1 Å². The first-order chi connectivity index (χ1) is 8.56. The van der Waals surface area contributed by atoms with Gasteiger partial charge in [-0.3, -0.25) is 14.5 Å². The lowest BCUT2D eigenvalue weighted by Gasteiger charge is -2.09. The van der Waals surface area contributed by atoms with Gasteiger partial charge in [0.15, 0.2) is 11.6 Å². The molecule has 2 N–H and O–H groups in total. The number of hydrogen-bond donors (Lipinski definition) is 1. The predicted molar refractivity (Wildman–Crippen MR) is 59.9 cm³/mol. The molecule has 1 aliphatic rings. The van der Waals surface area contributed by atoms with Crippen molar-refractivity contribution in [2.24, 2.45) is 5.73 Å². The lowest BCUT2D eigenvalue weighted by Crippen LogP contribution is -2.29. The summed E-state index contributed by atoms with van der Waals surface area (Å²) in [5.41, 5.74) is 5.01. The Kier molecular flexibility index (Phi) is 3.20. The Balaban J connectivity index is 2.35. The van der Waals surface area contributed by atoms with Crippen molar-refractivity contribution in [3.8, 4) is 0 Å². The topological polar surface area (TPSA) is 63.4 Å². The Morgan fingerprint density at radius 2 is 1.56 bits per heavy atom. The second kappa shape index (κ2) is 4.66. The molecule has 1 aliphatic heterocycles. The van der Waals surface area contributed by atoms with Crippen LogP contribution in [-0.2, 0) is 0 Å². The Labute approximate surface area is 102 Å². The fourth-order valence-corrected chi connectivity index (χ4v) is 1.73. The van der Waals surface area contributed by atoms with Gasteiger partial charge in [-0.05, 0) is 12.1 Å². The molecule has 18 heavy (non-hydrogen) atoms. The quantitative estimate of drug-likeness (QED) is 0.646. The summed E-state index contributed by atoms with van der Waals surface area (Å²) >= 11 is 0. The Morgan fingerprint density at radius 3 is 2.00 bits per heavy atom. The molecule has 0 radical (unpaired) electrons. The molecule has 0 saturated carbocycles. The van der Waals surface area contributed by atoms with Gasteiger partial charge in [0.25, 0.3) is 11.8 Å². The largest absolute Gasteiger partial charge is 0.327 e. The van der Waals surface area contributed by atoms with Crippen LogP contribution in [0.1, 0.15) is 20.7 Å². The zero-order chi connectivity index (χ0) is 13.3. The molecule has 0 fully saturated rings. The highest BCUT2D eigenvalue weighted by Crippen LogP contribution is 2.25. The number of nitrogens with zero attached hydrogens (tertiary/aromatic N) is 1. The number of imide groups is 1. The predicted octanol–water partition coefficient (Wildman–Crippen LogP) is 1.08. The molecule has 0 unspecified atom stereocenters. The molecule has 1 aromatic rings. The third kappa shape index (κ3) is 1.91. The van der Waals surface area contributed by atoms with Crippen molar-refractivity contribution in [3.63, 3.8) is 0 Å². The van der Waals surface area contributed by atoms with Crippen LogP contribution in [0.5, 0.6) is 0 Å². The minimum Gasteiger partial charge on any atom is -0.327 e. The van der Waals surface area contributed by atoms with Crippen LogP contribution >= 0.6 is 0 Å². The van der Waals surface area contributed by atoms with Crippen LogP contribution < -0.4 is 5.73 Å². The molecule has 2 rings (SSSR count). The normalized spacial score (nSPS) is 14.7. The van der Waals surface area contributed by atoms with E-state index >= 15 is 0 Å². The summed E-state index contributed by atoms with van der Waals surface area (Å²) in [7, 11) is 0.